The molecule has 0 heterocycles. The Balaban J connectivity index is 1.96. The molecule has 3 heteroatoms. The van der Waals surface area contributed by atoms with E-state index in [0.717, 1.165) is 10.2 Å². The SMILES string of the molecule is COc1ccc(NC2CCCCCCC2)cc1Br. The van der Waals surface area contributed by atoms with Crippen LogP contribution in [-0.2, 0) is 0 Å². The number of halogens is 1. The molecule has 1 aliphatic rings. The number of ether oxygens (including phenoxy) is 1. The van der Waals surface area contributed by atoms with Crippen molar-refractivity contribution in [3.05, 3.63) is 22.7 Å². The van der Waals surface area contributed by atoms with Crippen molar-refractivity contribution >= 4 is 21.6 Å². The first-order valence-corrected chi connectivity index (χ1v) is 7.69. The molecule has 1 aromatic rings. The van der Waals surface area contributed by atoms with Crippen molar-refractivity contribution < 1.29 is 4.74 Å². The number of nitrogens with one attached hydrogen (secondary N) is 1. The van der Waals surface area contributed by atoms with Crippen molar-refractivity contribution in [2.24, 2.45) is 0 Å². The van der Waals surface area contributed by atoms with Crippen molar-refractivity contribution in [1.82, 2.24) is 0 Å². The Morgan fingerprint density at radius 2 is 1.78 bits per heavy atom. The maximum atomic E-state index is 5.25. The summed E-state index contributed by atoms with van der Waals surface area (Å²) in [5.41, 5.74) is 1.19. The molecule has 18 heavy (non-hydrogen) atoms. The minimum absolute atomic E-state index is 0.630. The zero-order chi connectivity index (χ0) is 12.8. The van der Waals surface area contributed by atoms with Crippen LogP contribution >= 0.6 is 15.9 Å². The first-order valence-electron chi connectivity index (χ1n) is 6.89. The van der Waals surface area contributed by atoms with E-state index in [1.807, 2.05) is 6.07 Å². The average Bonchev–Trinajstić information content (AvgIpc) is 2.33. The quantitative estimate of drug-likeness (QED) is 0.849. The van der Waals surface area contributed by atoms with E-state index in [4.69, 9.17) is 4.74 Å². The molecule has 1 fully saturated rings. The molecule has 0 atom stereocenters. The summed E-state index contributed by atoms with van der Waals surface area (Å²) >= 11 is 3.54. The molecular weight excluding hydrogens is 290 g/mol. The molecule has 0 bridgehead atoms. The molecule has 1 aromatic carbocycles. The van der Waals surface area contributed by atoms with Crippen LogP contribution in [0.15, 0.2) is 22.7 Å². The highest BCUT2D eigenvalue weighted by molar-refractivity contribution is 9.10. The van der Waals surface area contributed by atoms with Crippen LogP contribution < -0.4 is 10.1 Å². The van der Waals surface area contributed by atoms with Crippen LogP contribution in [0.25, 0.3) is 0 Å². The van der Waals surface area contributed by atoms with Gasteiger partial charge in [-0.3, -0.25) is 0 Å². The summed E-state index contributed by atoms with van der Waals surface area (Å²) in [5.74, 6) is 0.887. The minimum Gasteiger partial charge on any atom is -0.496 e. The Bertz CT molecular complexity index is 373. The Hall–Kier alpha value is -0.700. The third-order valence-corrected chi connectivity index (χ3v) is 4.25. The van der Waals surface area contributed by atoms with Crippen molar-refractivity contribution in [2.75, 3.05) is 12.4 Å². The molecule has 1 saturated carbocycles. The lowest BCUT2D eigenvalue weighted by Crippen LogP contribution is -2.20. The molecular formula is C15H22BrNO. The fraction of sp³-hybridized carbons (Fsp3) is 0.600. The standard InChI is InChI=1S/C15H22BrNO/c1-18-15-10-9-13(11-14(15)16)17-12-7-5-3-2-4-6-8-12/h9-12,17H,2-8H2,1H3. The van der Waals surface area contributed by atoms with Crippen LogP contribution in [0.2, 0.25) is 0 Å². The molecule has 0 saturated heterocycles. The third-order valence-electron chi connectivity index (χ3n) is 3.63. The van der Waals surface area contributed by atoms with Gasteiger partial charge in [-0.05, 0) is 47.0 Å². The van der Waals surface area contributed by atoms with Crippen LogP contribution in [0.5, 0.6) is 5.75 Å². The molecule has 1 N–H and O–H groups in total. The predicted octanol–water partition coefficient (Wildman–Crippen LogP) is 4.98. The fourth-order valence-corrected chi connectivity index (χ4v) is 3.13. The Kier molecular flexibility index (Phi) is 5.36. The van der Waals surface area contributed by atoms with E-state index < -0.39 is 0 Å². The zero-order valence-electron chi connectivity index (χ0n) is 11.0. The molecule has 2 rings (SSSR count). The number of methoxy groups -OCH3 is 1. The largest absolute Gasteiger partial charge is 0.496 e. The first-order chi connectivity index (χ1) is 8.79. The highest BCUT2D eigenvalue weighted by Crippen LogP contribution is 2.29. The molecule has 1 aliphatic carbocycles. The third kappa shape index (κ3) is 3.91. The first kappa shape index (κ1) is 13.7. The van der Waals surface area contributed by atoms with Crippen molar-refractivity contribution in [1.29, 1.82) is 0 Å². The highest BCUT2D eigenvalue weighted by Gasteiger charge is 2.11. The smallest absolute Gasteiger partial charge is 0.133 e. The second-order valence-electron chi connectivity index (χ2n) is 5.04. The maximum Gasteiger partial charge on any atom is 0.133 e. The van der Waals surface area contributed by atoms with Gasteiger partial charge in [-0.25, -0.2) is 0 Å². The van der Waals surface area contributed by atoms with Crippen LogP contribution in [0.3, 0.4) is 0 Å². The lowest BCUT2D eigenvalue weighted by molar-refractivity contribution is 0.412. The summed E-state index contributed by atoms with van der Waals surface area (Å²) in [7, 11) is 1.70. The van der Waals surface area contributed by atoms with Gasteiger partial charge in [0.25, 0.3) is 0 Å². The van der Waals surface area contributed by atoms with E-state index in [9.17, 15) is 0 Å². The van der Waals surface area contributed by atoms with Gasteiger partial charge in [-0.2, -0.15) is 0 Å². The molecule has 0 radical (unpaired) electrons. The maximum absolute atomic E-state index is 5.25. The molecule has 0 unspecified atom stereocenters. The van der Waals surface area contributed by atoms with Gasteiger partial charge in [-0.15, -0.1) is 0 Å². The second-order valence-corrected chi connectivity index (χ2v) is 5.89. The average molecular weight is 312 g/mol. The lowest BCUT2D eigenvalue weighted by Gasteiger charge is -2.22. The van der Waals surface area contributed by atoms with Gasteiger partial charge in [0.2, 0.25) is 0 Å². The van der Waals surface area contributed by atoms with Crippen molar-refractivity contribution in [3.8, 4) is 5.75 Å². The molecule has 0 amide bonds. The Labute approximate surface area is 118 Å². The number of hydrogen-bond acceptors (Lipinski definition) is 2. The summed E-state index contributed by atoms with van der Waals surface area (Å²) < 4.78 is 6.27. The Morgan fingerprint density at radius 3 is 2.39 bits per heavy atom. The molecule has 0 aliphatic heterocycles. The van der Waals surface area contributed by atoms with Crippen molar-refractivity contribution in [2.45, 2.75) is 51.0 Å². The van der Waals surface area contributed by atoms with E-state index in [1.165, 1.54) is 50.6 Å². The Morgan fingerprint density at radius 1 is 1.11 bits per heavy atom. The fourth-order valence-electron chi connectivity index (χ4n) is 2.59. The number of hydrogen-bond donors (Lipinski definition) is 1. The van der Waals surface area contributed by atoms with Gasteiger partial charge in [0.05, 0.1) is 11.6 Å². The van der Waals surface area contributed by atoms with Gasteiger partial charge < -0.3 is 10.1 Å². The summed E-state index contributed by atoms with van der Waals surface area (Å²) in [6, 6.07) is 6.85. The zero-order valence-corrected chi connectivity index (χ0v) is 12.6. The molecule has 100 valence electrons. The summed E-state index contributed by atoms with van der Waals surface area (Å²) in [6.07, 6.45) is 9.51. The van der Waals surface area contributed by atoms with E-state index in [2.05, 4.69) is 33.4 Å². The molecule has 0 spiro atoms. The van der Waals surface area contributed by atoms with Crippen LogP contribution in [-0.4, -0.2) is 13.2 Å². The van der Waals surface area contributed by atoms with Gasteiger partial charge >= 0.3 is 0 Å². The summed E-state index contributed by atoms with van der Waals surface area (Å²) in [5, 5.41) is 3.66. The monoisotopic (exact) mass is 311 g/mol. The van der Waals surface area contributed by atoms with Gasteiger partial charge in [0.1, 0.15) is 5.75 Å². The van der Waals surface area contributed by atoms with Crippen LogP contribution in [0.4, 0.5) is 5.69 Å². The number of anilines is 1. The second kappa shape index (κ2) is 7.03. The molecule has 2 nitrogen and oxygen atoms in total. The van der Waals surface area contributed by atoms with Gasteiger partial charge in [0.15, 0.2) is 0 Å². The minimum atomic E-state index is 0.630. The van der Waals surface area contributed by atoms with E-state index >= 15 is 0 Å². The van der Waals surface area contributed by atoms with Gasteiger partial charge in [-0.1, -0.05) is 32.1 Å². The van der Waals surface area contributed by atoms with E-state index in [-0.39, 0.29) is 0 Å². The summed E-state index contributed by atoms with van der Waals surface area (Å²) in [4.78, 5) is 0. The van der Waals surface area contributed by atoms with E-state index in [1.54, 1.807) is 7.11 Å². The predicted molar refractivity (Wildman–Crippen MR) is 80.4 cm³/mol. The van der Waals surface area contributed by atoms with Gasteiger partial charge in [0, 0.05) is 11.7 Å². The number of benzene rings is 1. The lowest BCUT2D eigenvalue weighted by atomic mass is 9.96. The summed E-state index contributed by atoms with van der Waals surface area (Å²) in [6.45, 7) is 0. The van der Waals surface area contributed by atoms with Crippen LogP contribution in [0.1, 0.15) is 44.9 Å². The molecule has 0 aromatic heterocycles. The number of rotatable bonds is 3. The normalized spacial score (nSPS) is 17.9. The van der Waals surface area contributed by atoms with Crippen molar-refractivity contribution in [3.63, 3.8) is 0 Å². The highest BCUT2D eigenvalue weighted by atomic mass is 79.9. The topological polar surface area (TPSA) is 21.3 Å². The van der Waals surface area contributed by atoms with E-state index in [0.29, 0.717) is 6.04 Å². The van der Waals surface area contributed by atoms with Crippen LogP contribution in [0, 0.1) is 0 Å².